The van der Waals surface area contributed by atoms with Crippen LogP contribution in [0.1, 0.15) is 15.9 Å². The average Bonchev–Trinajstić information content (AvgIpc) is 2.52. The molecule has 7 nitrogen and oxygen atoms in total. The van der Waals surface area contributed by atoms with Crippen LogP contribution in [0.25, 0.3) is 0 Å². The molecule has 0 heterocycles. The van der Waals surface area contributed by atoms with Crippen LogP contribution in [0, 0.1) is 0 Å². The molecule has 23 heavy (non-hydrogen) atoms. The van der Waals surface area contributed by atoms with Crippen molar-refractivity contribution >= 4 is 5.91 Å². The molecule has 0 spiro atoms. The first-order valence-corrected chi connectivity index (χ1v) is 6.85. The van der Waals surface area contributed by atoms with Crippen LogP contribution in [0.2, 0.25) is 0 Å². The van der Waals surface area contributed by atoms with E-state index in [2.05, 4.69) is 5.32 Å². The summed E-state index contributed by atoms with van der Waals surface area (Å²) in [5.41, 5.74) is 0.483. The van der Waals surface area contributed by atoms with Gasteiger partial charge in [-0.05, 0) is 42.3 Å². The Balaban J connectivity index is 2.10. The van der Waals surface area contributed by atoms with Crippen LogP contribution >= 0.6 is 0 Å². The Bertz CT molecular complexity index is 716. The van der Waals surface area contributed by atoms with Gasteiger partial charge in [0.05, 0.1) is 18.2 Å². The van der Waals surface area contributed by atoms with E-state index in [1.54, 1.807) is 6.07 Å². The van der Waals surface area contributed by atoms with Gasteiger partial charge < -0.3 is 30.8 Å². The number of carbonyl (C=O) groups excluding carboxylic acids is 1. The number of hydrogen-bond donors (Lipinski definition) is 6. The third kappa shape index (κ3) is 4.04. The number of amides is 1. The highest BCUT2D eigenvalue weighted by Crippen LogP contribution is 2.26. The fourth-order valence-electron chi connectivity index (χ4n) is 2.11. The Labute approximate surface area is 132 Å². The van der Waals surface area contributed by atoms with Gasteiger partial charge in [-0.2, -0.15) is 0 Å². The lowest BCUT2D eigenvalue weighted by Crippen LogP contribution is -2.39. The summed E-state index contributed by atoms with van der Waals surface area (Å²) in [5, 5.41) is 49.7. The summed E-state index contributed by atoms with van der Waals surface area (Å²) in [4.78, 5) is 12.1. The van der Waals surface area contributed by atoms with E-state index in [0.29, 0.717) is 5.56 Å². The van der Waals surface area contributed by atoms with E-state index >= 15 is 0 Å². The number of nitrogens with one attached hydrogen (secondary N) is 1. The molecule has 2 aromatic carbocycles. The van der Waals surface area contributed by atoms with E-state index in [1.807, 2.05) is 0 Å². The van der Waals surface area contributed by atoms with Gasteiger partial charge in [-0.3, -0.25) is 4.79 Å². The number of aliphatic hydroxyl groups excluding tert-OH is 1. The lowest BCUT2D eigenvalue weighted by molar-refractivity contribution is 0.0913. The SMILES string of the molecule is O=C(N[C@H](CO)Cc1ccc(O)c(O)c1)c1cc(O)ccc1O. The maximum absolute atomic E-state index is 12.1. The number of rotatable bonds is 5. The second kappa shape index (κ2) is 6.89. The first-order chi connectivity index (χ1) is 10.9. The summed E-state index contributed by atoms with van der Waals surface area (Å²) >= 11 is 0. The van der Waals surface area contributed by atoms with Crippen LogP contribution in [0.5, 0.6) is 23.0 Å². The minimum Gasteiger partial charge on any atom is -0.508 e. The molecule has 7 heteroatoms. The molecule has 1 atom stereocenters. The predicted molar refractivity (Wildman–Crippen MR) is 81.6 cm³/mol. The number of benzene rings is 2. The predicted octanol–water partition coefficient (Wildman–Crippen LogP) is 0.842. The van der Waals surface area contributed by atoms with Crippen molar-refractivity contribution in [1.29, 1.82) is 0 Å². The Morgan fingerprint density at radius 3 is 2.30 bits per heavy atom. The van der Waals surface area contributed by atoms with E-state index in [0.717, 1.165) is 6.07 Å². The number of hydrogen-bond acceptors (Lipinski definition) is 6. The fourth-order valence-corrected chi connectivity index (χ4v) is 2.11. The molecule has 0 aliphatic heterocycles. The van der Waals surface area contributed by atoms with E-state index in [-0.39, 0.29) is 41.6 Å². The summed E-state index contributed by atoms with van der Waals surface area (Å²) in [6.45, 7) is -0.368. The lowest BCUT2D eigenvalue weighted by atomic mass is 10.0. The summed E-state index contributed by atoms with van der Waals surface area (Å²) < 4.78 is 0. The molecule has 0 radical (unpaired) electrons. The first kappa shape index (κ1) is 16.4. The monoisotopic (exact) mass is 319 g/mol. The van der Waals surface area contributed by atoms with Crippen LogP contribution in [-0.4, -0.2) is 44.1 Å². The van der Waals surface area contributed by atoms with Crippen molar-refractivity contribution in [2.24, 2.45) is 0 Å². The number of aromatic hydroxyl groups is 4. The summed E-state index contributed by atoms with van der Waals surface area (Å²) in [6, 6.07) is 7.07. The summed E-state index contributed by atoms with van der Waals surface area (Å²) in [7, 11) is 0. The molecule has 0 bridgehead atoms. The van der Waals surface area contributed by atoms with Gasteiger partial charge in [-0.1, -0.05) is 6.07 Å². The maximum atomic E-state index is 12.1. The summed E-state index contributed by atoms with van der Waals surface area (Å²) in [5.74, 6) is -1.67. The average molecular weight is 319 g/mol. The minimum atomic E-state index is -0.673. The van der Waals surface area contributed by atoms with Gasteiger partial charge in [0.15, 0.2) is 11.5 Å². The quantitative estimate of drug-likeness (QED) is 0.358. The normalized spacial score (nSPS) is 11.9. The van der Waals surface area contributed by atoms with Crippen molar-refractivity contribution in [2.45, 2.75) is 12.5 Å². The molecule has 0 saturated heterocycles. The van der Waals surface area contributed by atoms with Gasteiger partial charge in [-0.15, -0.1) is 0 Å². The van der Waals surface area contributed by atoms with Crippen LogP contribution in [0.15, 0.2) is 36.4 Å². The minimum absolute atomic E-state index is 0.114. The van der Waals surface area contributed by atoms with Crippen molar-refractivity contribution < 1.29 is 30.3 Å². The molecule has 0 aliphatic carbocycles. The largest absolute Gasteiger partial charge is 0.508 e. The number of phenolic OH excluding ortho intramolecular Hbond substituents is 4. The van der Waals surface area contributed by atoms with Gasteiger partial charge in [0.2, 0.25) is 0 Å². The second-order valence-electron chi connectivity index (χ2n) is 5.08. The van der Waals surface area contributed by atoms with E-state index < -0.39 is 11.9 Å². The fraction of sp³-hybridized carbons (Fsp3) is 0.188. The van der Waals surface area contributed by atoms with Gasteiger partial charge in [-0.25, -0.2) is 0 Å². The van der Waals surface area contributed by atoms with Crippen LogP contribution in [0.4, 0.5) is 0 Å². The van der Waals surface area contributed by atoms with Gasteiger partial charge >= 0.3 is 0 Å². The zero-order valence-corrected chi connectivity index (χ0v) is 12.1. The van der Waals surface area contributed by atoms with E-state index in [1.165, 1.54) is 24.3 Å². The molecule has 0 unspecified atom stereocenters. The lowest BCUT2D eigenvalue weighted by Gasteiger charge is -2.17. The van der Waals surface area contributed by atoms with Crippen LogP contribution < -0.4 is 5.32 Å². The van der Waals surface area contributed by atoms with Gasteiger partial charge in [0, 0.05) is 0 Å². The van der Waals surface area contributed by atoms with Crippen LogP contribution in [-0.2, 0) is 6.42 Å². The summed E-state index contributed by atoms with van der Waals surface area (Å²) in [6.07, 6.45) is 0.204. The molecule has 0 aromatic heterocycles. The highest BCUT2D eigenvalue weighted by molar-refractivity contribution is 5.97. The molecular weight excluding hydrogens is 302 g/mol. The molecule has 0 saturated carbocycles. The molecule has 0 fully saturated rings. The van der Waals surface area contributed by atoms with E-state index in [4.69, 9.17) is 0 Å². The molecular formula is C16H17NO6. The number of aliphatic hydroxyl groups is 1. The third-order valence-corrected chi connectivity index (χ3v) is 3.30. The maximum Gasteiger partial charge on any atom is 0.255 e. The number of carbonyl (C=O) groups is 1. The van der Waals surface area contributed by atoms with Crippen molar-refractivity contribution in [2.75, 3.05) is 6.61 Å². The third-order valence-electron chi connectivity index (χ3n) is 3.30. The molecule has 1 amide bonds. The smallest absolute Gasteiger partial charge is 0.255 e. The van der Waals surface area contributed by atoms with E-state index in [9.17, 15) is 30.3 Å². The van der Waals surface area contributed by atoms with Gasteiger partial charge in [0.1, 0.15) is 11.5 Å². The molecule has 0 aliphatic rings. The van der Waals surface area contributed by atoms with Crippen molar-refractivity contribution in [3.8, 4) is 23.0 Å². The highest BCUT2D eigenvalue weighted by Gasteiger charge is 2.17. The van der Waals surface area contributed by atoms with Crippen molar-refractivity contribution in [1.82, 2.24) is 5.32 Å². The molecule has 6 N–H and O–H groups in total. The van der Waals surface area contributed by atoms with Crippen molar-refractivity contribution in [3.05, 3.63) is 47.5 Å². The van der Waals surface area contributed by atoms with Crippen molar-refractivity contribution in [3.63, 3.8) is 0 Å². The van der Waals surface area contributed by atoms with Crippen LogP contribution in [0.3, 0.4) is 0 Å². The zero-order chi connectivity index (χ0) is 17.0. The Morgan fingerprint density at radius 2 is 1.65 bits per heavy atom. The zero-order valence-electron chi connectivity index (χ0n) is 12.1. The Hall–Kier alpha value is -2.93. The molecule has 122 valence electrons. The molecule has 2 rings (SSSR count). The Morgan fingerprint density at radius 1 is 0.957 bits per heavy atom. The highest BCUT2D eigenvalue weighted by atomic mass is 16.3. The second-order valence-corrected chi connectivity index (χ2v) is 5.08. The first-order valence-electron chi connectivity index (χ1n) is 6.85. The number of phenols is 4. The standard InChI is InChI=1S/C16H17NO6/c18-8-10(5-9-1-3-14(21)15(22)6-9)17-16(23)12-7-11(19)2-4-13(12)20/h1-4,6-7,10,18-22H,5,8H2,(H,17,23)/t10-/m0/s1. The van der Waals surface area contributed by atoms with Gasteiger partial charge in [0.25, 0.3) is 5.91 Å². The molecule has 2 aromatic rings. The Kier molecular flexibility index (Phi) is 4.92. The topological polar surface area (TPSA) is 130 Å².